The molecule has 6 aliphatic rings. The molecule has 2 aromatic heterocycles. The monoisotopic (exact) mass is 952 g/mol. The number of halogens is 4. The van der Waals surface area contributed by atoms with Crippen LogP contribution in [0.15, 0.2) is 67.0 Å². The van der Waals surface area contributed by atoms with E-state index in [0.717, 1.165) is 80.4 Å². The lowest BCUT2D eigenvalue weighted by Gasteiger charge is -2.60. The zero-order valence-corrected chi connectivity index (χ0v) is 37.7. The van der Waals surface area contributed by atoms with Gasteiger partial charge in [0.15, 0.2) is 5.82 Å². The number of amides is 3. The van der Waals surface area contributed by atoms with Crippen LogP contribution in [0.5, 0.6) is 0 Å². The minimum Gasteiger partial charge on any atom is -0.368 e. The van der Waals surface area contributed by atoms with E-state index in [-0.39, 0.29) is 53.2 Å². The van der Waals surface area contributed by atoms with Crippen LogP contribution in [0.4, 0.5) is 28.9 Å². The number of piperidine rings is 2. The number of aromatic amines is 1. The van der Waals surface area contributed by atoms with Crippen molar-refractivity contribution in [2.75, 3.05) is 55.4 Å². The Bertz CT molecular complexity index is 3040. The Labute approximate surface area is 389 Å². The average molecular weight is 953 g/mol. The van der Waals surface area contributed by atoms with E-state index in [1.54, 1.807) is 23.1 Å². The number of pyridine rings is 1. The van der Waals surface area contributed by atoms with Crippen LogP contribution in [0, 0.1) is 28.8 Å². The van der Waals surface area contributed by atoms with Crippen LogP contribution in [0.3, 0.4) is 0 Å². The third-order valence-corrected chi connectivity index (χ3v) is 16.5. The van der Waals surface area contributed by atoms with Gasteiger partial charge in [0.05, 0.1) is 16.9 Å². The van der Waals surface area contributed by atoms with Gasteiger partial charge in [0.1, 0.15) is 29.5 Å². The maximum absolute atomic E-state index is 15.8. The van der Waals surface area contributed by atoms with Crippen LogP contribution in [-0.4, -0.2) is 114 Å². The molecule has 68 heavy (non-hydrogen) atoms. The molecule has 354 valence electrons. The smallest absolute Gasteiger partial charge is 0.301 e. The predicted molar refractivity (Wildman–Crippen MR) is 243 cm³/mol. The van der Waals surface area contributed by atoms with Crippen molar-refractivity contribution in [1.82, 2.24) is 29.4 Å². The molecule has 1 aliphatic carbocycles. The quantitative estimate of drug-likeness (QED) is 0.0768. The molecular formula is C49H48F4N8O6S. The third kappa shape index (κ3) is 7.90. The summed E-state index contributed by atoms with van der Waals surface area (Å²) in [6.45, 7) is 4.38. The Morgan fingerprint density at radius 1 is 0.897 bits per heavy atom. The molecule has 3 amide bonds. The maximum atomic E-state index is 15.8. The highest BCUT2D eigenvalue weighted by Crippen LogP contribution is 2.53. The second-order valence-electron chi connectivity index (χ2n) is 19.5. The van der Waals surface area contributed by atoms with Crippen LogP contribution in [0.1, 0.15) is 88.3 Å². The van der Waals surface area contributed by atoms with Gasteiger partial charge in [-0.15, -0.1) is 0 Å². The first-order chi connectivity index (χ1) is 32.6. The van der Waals surface area contributed by atoms with Crippen LogP contribution in [0.2, 0.25) is 0 Å². The van der Waals surface area contributed by atoms with Crippen molar-refractivity contribution < 1.29 is 45.2 Å². The van der Waals surface area contributed by atoms with Crippen molar-refractivity contribution in [1.29, 1.82) is 0 Å². The van der Waals surface area contributed by atoms with Crippen molar-refractivity contribution in [3.8, 4) is 11.1 Å². The molecule has 5 fully saturated rings. The van der Waals surface area contributed by atoms with Crippen molar-refractivity contribution in [3.63, 3.8) is 0 Å². The highest BCUT2D eigenvalue weighted by Gasteiger charge is 2.53. The zero-order chi connectivity index (χ0) is 47.2. The number of nitrogens with zero attached hydrogens (tertiary/aromatic N) is 5. The Balaban J connectivity index is 0.682. The van der Waals surface area contributed by atoms with Crippen LogP contribution in [0.25, 0.3) is 22.2 Å². The molecule has 4 saturated heterocycles. The fourth-order valence-electron chi connectivity index (χ4n) is 11.5. The SMILES string of the molecule is O=C1CCC(N2Cc3cc(C4CCN(CC5CC6(C5)CN(c5ccc(-c7cnc8[nH]cc(C(=O)c9c(F)ccc(NS(=O)(=O)N%10CC[C@@H](F)C%10)c9F)c8c7)cc5F)C6)CC4)ccc3C2=O)C(=O)N1. The molecule has 0 radical (unpaired) electrons. The van der Waals surface area contributed by atoms with Gasteiger partial charge in [0, 0.05) is 85.6 Å². The summed E-state index contributed by atoms with van der Waals surface area (Å²) in [5, 5.41) is 2.58. The third-order valence-electron chi connectivity index (χ3n) is 15.0. The molecule has 2 atom stereocenters. The summed E-state index contributed by atoms with van der Waals surface area (Å²) in [4.78, 5) is 64.4. The van der Waals surface area contributed by atoms with E-state index in [1.807, 2.05) is 10.8 Å². The molecular weight excluding hydrogens is 905 g/mol. The van der Waals surface area contributed by atoms with Gasteiger partial charge in [-0.25, -0.2) is 22.5 Å². The van der Waals surface area contributed by atoms with Gasteiger partial charge in [-0.2, -0.15) is 12.7 Å². The molecule has 5 aliphatic heterocycles. The highest BCUT2D eigenvalue weighted by molar-refractivity contribution is 7.90. The number of nitrogens with one attached hydrogen (secondary N) is 3. The lowest BCUT2D eigenvalue weighted by Crippen LogP contribution is -2.63. The summed E-state index contributed by atoms with van der Waals surface area (Å²) in [6.07, 6.45) is 6.15. The number of hydrogen-bond acceptors (Lipinski definition) is 9. The van der Waals surface area contributed by atoms with Crippen LogP contribution in [-0.2, 0) is 26.3 Å². The van der Waals surface area contributed by atoms with E-state index >= 15 is 13.2 Å². The van der Waals surface area contributed by atoms with E-state index in [2.05, 4.69) is 37.2 Å². The fraction of sp³-hybridized carbons (Fsp3) is 0.408. The Morgan fingerprint density at radius 3 is 2.43 bits per heavy atom. The summed E-state index contributed by atoms with van der Waals surface area (Å²) in [7, 11) is -4.39. The fourth-order valence-corrected chi connectivity index (χ4v) is 12.8. The van der Waals surface area contributed by atoms with Gasteiger partial charge in [-0.1, -0.05) is 18.2 Å². The predicted octanol–water partition coefficient (Wildman–Crippen LogP) is 6.44. The minimum absolute atomic E-state index is 0.0148. The molecule has 19 heteroatoms. The van der Waals surface area contributed by atoms with Gasteiger partial charge in [0.25, 0.3) is 5.91 Å². The number of aromatic nitrogens is 2. The molecule has 5 aromatic rings. The summed E-state index contributed by atoms with van der Waals surface area (Å²) >= 11 is 0. The number of H-pyrrole nitrogens is 1. The summed E-state index contributed by atoms with van der Waals surface area (Å²) in [6, 6.07) is 13.6. The van der Waals surface area contributed by atoms with Gasteiger partial charge < -0.3 is 19.7 Å². The number of likely N-dealkylation sites (tertiary alicyclic amines) is 1. The van der Waals surface area contributed by atoms with Gasteiger partial charge in [-0.05, 0) is 117 Å². The van der Waals surface area contributed by atoms with Crippen LogP contribution < -0.4 is 14.9 Å². The van der Waals surface area contributed by atoms with E-state index in [4.69, 9.17) is 0 Å². The van der Waals surface area contributed by atoms with Crippen molar-refractivity contribution >= 4 is 56.1 Å². The van der Waals surface area contributed by atoms with Gasteiger partial charge in [0.2, 0.25) is 17.6 Å². The summed E-state index contributed by atoms with van der Waals surface area (Å²) in [5.74, 6) is -4.02. The number of imide groups is 1. The van der Waals surface area contributed by atoms with Gasteiger partial charge >= 0.3 is 10.2 Å². The number of alkyl halides is 1. The standard InChI is InChI=1S/C49H48F4N8O6S/c50-33-11-14-60(24-33)68(66,67)57-39-5-4-37(51)43(44(39)53)45(63)36-21-55-46-35(36)16-31(20-54-46)30-2-6-40(38(52)17-30)59-25-49(26-59)18-27(19-49)22-58-12-9-28(10-13-58)29-1-3-34-32(15-29)23-61(48(34)65)41-7-8-42(62)56-47(41)64/h1-6,15-17,20-21,27-28,33,41,57H,7-14,18-19,22-26H2,(H,54,55)(H,56,62,64)/t33-,41?/m1/s1. The van der Waals surface area contributed by atoms with E-state index < -0.39 is 69.4 Å². The van der Waals surface area contributed by atoms with Crippen molar-refractivity contribution in [3.05, 3.63) is 112 Å². The van der Waals surface area contributed by atoms with E-state index in [0.29, 0.717) is 47.2 Å². The number of ketones is 1. The largest absolute Gasteiger partial charge is 0.368 e. The molecule has 7 heterocycles. The highest BCUT2D eigenvalue weighted by atomic mass is 32.2. The Morgan fingerprint density at radius 2 is 1.69 bits per heavy atom. The number of carbonyl (C=O) groups excluding carboxylic acids is 4. The first-order valence-electron chi connectivity index (χ1n) is 23.1. The number of hydrogen-bond donors (Lipinski definition) is 3. The number of carbonyl (C=O) groups is 4. The summed E-state index contributed by atoms with van der Waals surface area (Å²) < 4.78 is 88.9. The van der Waals surface area contributed by atoms with Crippen LogP contribution >= 0.6 is 0 Å². The van der Waals surface area contributed by atoms with E-state index in [9.17, 15) is 32.0 Å². The minimum atomic E-state index is -4.39. The second kappa shape index (κ2) is 16.8. The molecule has 0 bridgehead atoms. The molecule has 1 unspecified atom stereocenters. The summed E-state index contributed by atoms with van der Waals surface area (Å²) in [5.41, 5.74) is 2.86. The molecule has 3 N–H and O–H groups in total. The zero-order valence-electron chi connectivity index (χ0n) is 36.9. The number of anilines is 2. The normalized spacial score (nSPS) is 22.4. The van der Waals surface area contributed by atoms with E-state index in [1.165, 1.54) is 24.0 Å². The molecule has 11 rings (SSSR count). The lowest BCUT2D eigenvalue weighted by atomic mass is 9.57. The first kappa shape index (κ1) is 44.3. The topological polar surface area (TPSA) is 168 Å². The maximum Gasteiger partial charge on any atom is 0.301 e. The Kier molecular flexibility index (Phi) is 11.0. The number of benzene rings is 3. The molecule has 1 saturated carbocycles. The average Bonchev–Trinajstić information content (AvgIpc) is 4.02. The Hall–Kier alpha value is -6.18. The number of rotatable bonds is 11. The molecule has 14 nitrogen and oxygen atoms in total. The van der Waals surface area contributed by atoms with Crippen molar-refractivity contribution in [2.24, 2.45) is 11.3 Å². The second-order valence-corrected chi connectivity index (χ2v) is 21.1. The molecule has 1 spiro atoms. The number of fused-ring (bicyclic) bond motifs is 2. The first-order valence-corrected chi connectivity index (χ1v) is 24.5. The lowest BCUT2D eigenvalue weighted by molar-refractivity contribution is -0.136. The van der Waals surface area contributed by atoms with Crippen molar-refractivity contribution in [2.45, 2.75) is 69.6 Å². The van der Waals surface area contributed by atoms with Gasteiger partial charge in [-0.3, -0.25) is 29.2 Å². The molecule has 3 aromatic carbocycles.